The van der Waals surface area contributed by atoms with Crippen LogP contribution in [0, 0.1) is 0 Å². The zero-order valence-corrected chi connectivity index (χ0v) is 13.4. The Morgan fingerprint density at radius 3 is 2.00 bits per heavy atom. The lowest BCUT2D eigenvalue weighted by molar-refractivity contribution is 0.471. The van der Waals surface area contributed by atoms with E-state index in [1.165, 1.54) is 30.3 Å². The third-order valence-electron chi connectivity index (χ3n) is 2.81. The topological polar surface area (TPSA) is 94.1 Å². The highest BCUT2D eigenvalue weighted by atomic mass is 32.2. The Hall–Kier alpha value is -1.87. The molecule has 0 atom stereocenters. The van der Waals surface area contributed by atoms with Crippen molar-refractivity contribution in [1.82, 2.24) is 9.97 Å². The molecule has 0 radical (unpaired) electrons. The summed E-state index contributed by atoms with van der Waals surface area (Å²) in [5.74, 6) is 0. The Morgan fingerprint density at radius 2 is 1.55 bits per heavy atom. The molecule has 0 saturated heterocycles. The van der Waals surface area contributed by atoms with E-state index in [-0.39, 0.29) is 16.3 Å². The average Bonchev–Trinajstić information content (AvgIpc) is 2.45. The third-order valence-corrected chi connectivity index (χ3v) is 4.78. The predicted octanol–water partition coefficient (Wildman–Crippen LogP) is 1.42. The number of hydrogen-bond donors (Lipinski definition) is 0. The van der Waals surface area contributed by atoms with Crippen molar-refractivity contribution in [2.75, 3.05) is 12.5 Å². The molecule has 2 aromatic rings. The largest absolute Gasteiger partial charge is 0.247 e. The van der Waals surface area contributed by atoms with E-state index in [2.05, 4.69) is 9.97 Å². The Balaban J connectivity index is 2.57. The molecular weight excluding hydrogens is 331 g/mol. The van der Waals surface area contributed by atoms with Gasteiger partial charge in [0.15, 0.2) is 9.84 Å². The summed E-state index contributed by atoms with van der Waals surface area (Å²) in [5, 5.41) is -0.468. The van der Waals surface area contributed by atoms with E-state index in [0.717, 1.165) is 12.5 Å². The van der Waals surface area contributed by atoms with E-state index >= 15 is 0 Å². The molecule has 0 aliphatic carbocycles. The van der Waals surface area contributed by atoms with Crippen LogP contribution in [-0.4, -0.2) is 39.3 Å². The fraction of sp³-hybridized carbons (Fsp3) is 0.231. The molecule has 9 heteroatoms. The number of hydrogen-bond acceptors (Lipinski definition) is 6. The first-order valence-electron chi connectivity index (χ1n) is 6.06. The van der Waals surface area contributed by atoms with E-state index in [0.29, 0.717) is 5.56 Å². The first-order valence-corrected chi connectivity index (χ1v) is 9.84. The van der Waals surface area contributed by atoms with Gasteiger partial charge in [0.25, 0.3) is 0 Å². The van der Waals surface area contributed by atoms with Gasteiger partial charge in [0.1, 0.15) is 6.67 Å². The molecule has 0 unspecified atom stereocenters. The number of nitrogens with zero attached hydrogens (tertiary/aromatic N) is 2. The second kappa shape index (κ2) is 5.73. The molecule has 6 nitrogen and oxygen atoms in total. The Bertz CT molecular complexity index is 908. The highest BCUT2D eigenvalue weighted by Gasteiger charge is 2.15. The molecule has 0 bridgehead atoms. The molecule has 0 saturated carbocycles. The predicted molar refractivity (Wildman–Crippen MR) is 78.5 cm³/mol. The second-order valence-electron chi connectivity index (χ2n) is 4.73. The fourth-order valence-corrected chi connectivity index (χ4v) is 2.91. The van der Waals surface area contributed by atoms with Gasteiger partial charge in [-0.15, -0.1) is 0 Å². The monoisotopic (exact) mass is 344 g/mol. The highest BCUT2D eigenvalue weighted by Crippen LogP contribution is 2.21. The van der Waals surface area contributed by atoms with Crippen molar-refractivity contribution in [3.8, 4) is 11.3 Å². The van der Waals surface area contributed by atoms with Gasteiger partial charge < -0.3 is 0 Å². The van der Waals surface area contributed by atoms with Gasteiger partial charge in [-0.25, -0.2) is 31.2 Å². The SMILES string of the molecule is CS(=O)(=O)c1ccc(-c2cc(CF)nc(S(C)(=O)=O)n2)cc1. The smallest absolute Gasteiger partial charge is 0.244 e. The lowest BCUT2D eigenvalue weighted by Crippen LogP contribution is -2.07. The van der Waals surface area contributed by atoms with Gasteiger partial charge in [-0.3, -0.25) is 0 Å². The molecule has 0 amide bonds. The number of alkyl halides is 1. The van der Waals surface area contributed by atoms with E-state index in [1.54, 1.807) is 0 Å². The van der Waals surface area contributed by atoms with Crippen molar-refractivity contribution in [1.29, 1.82) is 0 Å². The fourth-order valence-electron chi connectivity index (χ4n) is 1.73. The van der Waals surface area contributed by atoms with Crippen LogP contribution in [0.2, 0.25) is 0 Å². The minimum atomic E-state index is -3.68. The zero-order valence-electron chi connectivity index (χ0n) is 11.8. The quantitative estimate of drug-likeness (QED) is 0.779. The third kappa shape index (κ3) is 3.66. The van der Waals surface area contributed by atoms with Gasteiger partial charge in [-0.2, -0.15) is 0 Å². The summed E-state index contributed by atoms with van der Waals surface area (Å²) in [6, 6.07) is 7.04. The van der Waals surface area contributed by atoms with Crippen LogP contribution in [0.15, 0.2) is 40.4 Å². The molecule has 0 aliphatic heterocycles. The Kier molecular flexibility index (Phi) is 4.30. The minimum Gasteiger partial charge on any atom is -0.244 e. The van der Waals surface area contributed by atoms with Gasteiger partial charge in [-0.05, 0) is 18.2 Å². The molecule has 1 aromatic heterocycles. The first-order chi connectivity index (χ1) is 10.1. The molecule has 0 aliphatic rings. The van der Waals surface area contributed by atoms with Gasteiger partial charge in [0, 0.05) is 18.1 Å². The van der Waals surface area contributed by atoms with Crippen LogP contribution in [0.3, 0.4) is 0 Å². The van der Waals surface area contributed by atoms with Gasteiger partial charge in [0.2, 0.25) is 15.0 Å². The van der Waals surface area contributed by atoms with Crippen LogP contribution in [0.4, 0.5) is 4.39 Å². The molecule has 0 spiro atoms. The Morgan fingerprint density at radius 1 is 0.955 bits per heavy atom. The summed E-state index contributed by atoms with van der Waals surface area (Å²) < 4.78 is 58.8. The number of aromatic nitrogens is 2. The highest BCUT2D eigenvalue weighted by molar-refractivity contribution is 7.90. The Labute approximate surface area is 127 Å². The van der Waals surface area contributed by atoms with E-state index in [4.69, 9.17) is 0 Å². The van der Waals surface area contributed by atoms with Crippen molar-refractivity contribution in [3.05, 3.63) is 36.0 Å². The molecule has 1 heterocycles. The summed E-state index contributed by atoms with van der Waals surface area (Å²) in [7, 11) is -7.02. The van der Waals surface area contributed by atoms with Gasteiger partial charge in [0.05, 0.1) is 16.3 Å². The number of sulfone groups is 2. The van der Waals surface area contributed by atoms with Crippen molar-refractivity contribution >= 4 is 19.7 Å². The molecule has 22 heavy (non-hydrogen) atoms. The molecular formula is C13H13FN2O4S2. The zero-order chi connectivity index (χ0) is 16.5. The summed E-state index contributed by atoms with van der Waals surface area (Å²) in [6.45, 7) is -0.931. The second-order valence-corrected chi connectivity index (χ2v) is 8.65. The maximum absolute atomic E-state index is 12.8. The summed E-state index contributed by atoms with van der Waals surface area (Å²) in [5.41, 5.74) is 0.621. The number of benzene rings is 1. The van der Waals surface area contributed by atoms with E-state index in [9.17, 15) is 21.2 Å². The van der Waals surface area contributed by atoms with Crippen LogP contribution < -0.4 is 0 Å². The average molecular weight is 344 g/mol. The molecule has 0 N–H and O–H groups in total. The van der Waals surface area contributed by atoms with E-state index in [1.807, 2.05) is 0 Å². The van der Waals surface area contributed by atoms with Gasteiger partial charge in [-0.1, -0.05) is 12.1 Å². The summed E-state index contributed by atoms with van der Waals surface area (Å²) >= 11 is 0. The lowest BCUT2D eigenvalue weighted by atomic mass is 10.1. The standard InChI is InChI=1S/C13H13FN2O4S2/c1-21(17,18)11-5-3-9(4-6-11)12-7-10(8-14)15-13(16-12)22(2,19)20/h3-7H,8H2,1-2H3. The van der Waals surface area contributed by atoms with Crippen LogP contribution in [-0.2, 0) is 26.3 Å². The van der Waals surface area contributed by atoms with Crippen LogP contribution in [0.25, 0.3) is 11.3 Å². The van der Waals surface area contributed by atoms with Crippen molar-refractivity contribution in [2.45, 2.75) is 16.7 Å². The molecule has 1 aromatic carbocycles. The van der Waals surface area contributed by atoms with Crippen LogP contribution >= 0.6 is 0 Å². The minimum absolute atomic E-state index is 0.0578. The van der Waals surface area contributed by atoms with Crippen LogP contribution in [0.1, 0.15) is 5.69 Å². The van der Waals surface area contributed by atoms with Crippen LogP contribution in [0.5, 0.6) is 0 Å². The number of rotatable bonds is 4. The van der Waals surface area contributed by atoms with E-state index < -0.39 is 31.5 Å². The lowest BCUT2D eigenvalue weighted by Gasteiger charge is -2.06. The first kappa shape index (κ1) is 16.5. The number of halogens is 1. The van der Waals surface area contributed by atoms with Crippen molar-refractivity contribution in [2.24, 2.45) is 0 Å². The maximum atomic E-state index is 12.8. The normalized spacial score (nSPS) is 12.3. The molecule has 0 fully saturated rings. The van der Waals surface area contributed by atoms with Crippen molar-refractivity contribution < 1.29 is 21.2 Å². The molecule has 2 rings (SSSR count). The summed E-state index contributed by atoms with van der Waals surface area (Å²) in [4.78, 5) is 7.66. The maximum Gasteiger partial charge on any atom is 0.247 e. The molecule has 118 valence electrons. The van der Waals surface area contributed by atoms with Gasteiger partial charge >= 0.3 is 0 Å². The van der Waals surface area contributed by atoms with Crippen molar-refractivity contribution in [3.63, 3.8) is 0 Å². The summed E-state index contributed by atoms with van der Waals surface area (Å²) in [6.07, 6.45) is 2.01.